The van der Waals surface area contributed by atoms with Crippen LogP contribution in [0.1, 0.15) is 37.9 Å². The Kier molecular flexibility index (Phi) is 4.85. The fraction of sp³-hybridized carbons (Fsp3) is 0.412. The van der Waals surface area contributed by atoms with Gasteiger partial charge in [-0.05, 0) is 32.8 Å². The van der Waals surface area contributed by atoms with Gasteiger partial charge in [-0.1, -0.05) is 30.3 Å². The van der Waals surface area contributed by atoms with E-state index in [1.807, 2.05) is 6.20 Å². The van der Waals surface area contributed by atoms with Gasteiger partial charge in [0, 0.05) is 36.6 Å². The minimum absolute atomic E-state index is 0.120. The molecule has 1 unspecified atom stereocenters. The van der Waals surface area contributed by atoms with E-state index in [2.05, 4.69) is 66.4 Å². The maximum Gasteiger partial charge on any atom is 0.0593 e. The number of nitrogens with zero attached hydrogens (tertiary/aromatic N) is 2. The molecule has 0 saturated carbocycles. The maximum atomic E-state index is 4.40. The van der Waals surface area contributed by atoms with Crippen LogP contribution in [0.4, 0.5) is 0 Å². The van der Waals surface area contributed by atoms with Crippen LogP contribution in [0.3, 0.4) is 0 Å². The zero-order valence-electron chi connectivity index (χ0n) is 12.5. The Morgan fingerprint density at radius 1 is 1.10 bits per heavy atom. The molecule has 1 N–H and O–H groups in total. The predicted molar refractivity (Wildman–Crippen MR) is 82.7 cm³/mol. The first kappa shape index (κ1) is 14.7. The lowest BCUT2D eigenvalue weighted by molar-refractivity contribution is 0.404. The molecule has 0 amide bonds. The van der Waals surface area contributed by atoms with Crippen LogP contribution in [0.2, 0.25) is 0 Å². The first-order valence-corrected chi connectivity index (χ1v) is 7.09. The Hall–Kier alpha value is -1.74. The van der Waals surface area contributed by atoms with Crippen molar-refractivity contribution in [3.05, 3.63) is 60.2 Å². The van der Waals surface area contributed by atoms with E-state index in [0.29, 0.717) is 5.92 Å². The van der Waals surface area contributed by atoms with Gasteiger partial charge in [-0.3, -0.25) is 9.97 Å². The molecule has 0 fully saturated rings. The van der Waals surface area contributed by atoms with Crippen LogP contribution < -0.4 is 5.32 Å². The summed E-state index contributed by atoms with van der Waals surface area (Å²) in [5.74, 6) is 0.409. The summed E-state index contributed by atoms with van der Waals surface area (Å²) >= 11 is 0. The average molecular weight is 269 g/mol. The first-order valence-electron chi connectivity index (χ1n) is 7.09. The van der Waals surface area contributed by atoms with Gasteiger partial charge in [-0.25, -0.2) is 0 Å². The second-order valence-corrected chi connectivity index (χ2v) is 6.14. The molecule has 0 aliphatic carbocycles. The fourth-order valence-corrected chi connectivity index (χ4v) is 2.15. The zero-order valence-corrected chi connectivity index (χ0v) is 12.5. The highest BCUT2D eigenvalue weighted by Gasteiger charge is 2.16. The molecule has 0 radical (unpaired) electrons. The second-order valence-electron chi connectivity index (χ2n) is 6.14. The van der Waals surface area contributed by atoms with E-state index >= 15 is 0 Å². The summed E-state index contributed by atoms with van der Waals surface area (Å²) in [6.07, 6.45) is 6.23. The largest absolute Gasteiger partial charge is 0.311 e. The Labute approximate surface area is 121 Å². The van der Waals surface area contributed by atoms with Crippen molar-refractivity contribution in [2.24, 2.45) is 0 Å². The summed E-state index contributed by atoms with van der Waals surface area (Å²) in [7, 11) is 0. The SMILES string of the molecule is CC(C)(C)NCC(Cc1cnccn1)c1ccccc1. The molecule has 0 aliphatic heterocycles. The summed E-state index contributed by atoms with van der Waals surface area (Å²) in [4.78, 5) is 8.56. The van der Waals surface area contributed by atoms with Crippen LogP contribution in [-0.2, 0) is 6.42 Å². The number of hydrogen-bond donors (Lipinski definition) is 1. The Morgan fingerprint density at radius 2 is 1.85 bits per heavy atom. The Morgan fingerprint density at radius 3 is 2.45 bits per heavy atom. The quantitative estimate of drug-likeness (QED) is 0.906. The minimum atomic E-state index is 0.120. The molecule has 3 nitrogen and oxygen atoms in total. The molecule has 2 rings (SSSR count). The molecular formula is C17H23N3. The van der Waals surface area contributed by atoms with Crippen molar-refractivity contribution in [1.29, 1.82) is 0 Å². The second kappa shape index (κ2) is 6.62. The van der Waals surface area contributed by atoms with Gasteiger partial charge in [-0.15, -0.1) is 0 Å². The van der Waals surface area contributed by atoms with E-state index in [4.69, 9.17) is 0 Å². The maximum absolute atomic E-state index is 4.40. The van der Waals surface area contributed by atoms with Crippen LogP contribution in [0.15, 0.2) is 48.9 Å². The van der Waals surface area contributed by atoms with Gasteiger partial charge in [0.15, 0.2) is 0 Å². The molecule has 1 aromatic carbocycles. The van der Waals surface area contributed by atoms with E-state index in [-0.39, 0.29) is 5.54 Å². The molecule has 0 spiro atoms. The summed E-state index contributed by atoms with van der Waals surface area (Å²) in [5.41, 5.74) is 2.50. The van der Waals surface area contributed by atoms with Crippen LogP contribution >= 0.6 is 0 Å². The molecule has 1 atom stereocenters. The van der Waals surface area contributed by atoms with Crippen molar-refractivity contribution >= 4 is 0 Å². The third kappa shape index (κ3) is 4.74. The molecule has 3 heteroatoms. The van der Waals surface area contributed by atoms with Crippen molar-refractivity contribution in [2.75, 3.05) is 6.54 Å². The molecule has 1 heterocycles. The van der Waals surface area contributed by atoms with Gasteiger partial charge in [0.25, 0.3) is 0 Å². The normalized spacial score (nSPS) is 13.2. The molecule has 0 aliphatic rings. The number of benzene rings is 1. The number of hydrogen-bond acceptors (Lipinski definition) is 3. The number of nitrogens with one attached hydrogen (secondary N) is 1. The van der Waals surface area contributed by atoms with Gasteiger partial charge in [0.1, 0.15) is 0 Å². The predicted octanol–water partition coefficient (Wildman–Crippen LogP) is 3.19. The summed E-state index contributed by atoms with van der Waals surface area (Å²) < 4.78 is 0. The van der Waals surface area contributed by atoms with Crippen LogP contribution in [-0.4, -0.2) is 22.1 Å². The van der Waals surface area contributed by atoms with Crippen molar-refractivity contribution in [3.8, 4) is 0 Å². The van der Waals surface area contributed by atoms with E-state index in [1.165, 1.54) is 5.56 Å². The highest BCUT2D eigenvalue weighted by Crippen LogP contribution is 2.20. The lowest BCUT2D eigenvalue weighted by atomic mass is 9.93. The van der Waals surface area contributed by atoms with Crippen molar-refractivity contribution in [1.82, 2.24) is 15.3 Å². The molecule has 0 saturated heterocycles. The van der Waals surface area contributed by atoms with E-state index in [1.54, 1.807) is 12.4 Å². The molecule has 106 valence electrons. The first-order chi connectivity index (χ1) is 9.54. The van der Waals surface area contributed by atoms with E-state index < -0.39 is 0 Å². The lowest BCUT2D eigenvalue weighted by Crippen LogP contribution is -2.39. The average Bonchev–Trinajstić information content (AvgIpc) is 2.44. The smallest absolute Gasteiger partial charge is 0.0593 e. The van der Waals surface area contributed by atoms with Gasteiger partial charge in [0.2, 0.25) is 0 Å². The Bertz CT molecular complexity index is 503. The zero-order chi connectivity index (χ0) is 14.4. The van der Waals surface area contributed by atoms with Gasteiger partial charge in [-0.2, -0.15) is 0 Å². The van der Waals surface area contributed by atoms with Crippen LogP contribution in [0.5, 0.6) is 0 Å². The monoisotopic (exact) mass is 269 g/mol. The summed E-state index contributed by atoms with van der Waals surface area (Å²) in [6, 6.07) is 10.6. The highest BCUT2D eigenvalue weighted by atomic mass is 14.9. The van der Waals surface area contributed by atoms with Crippen LogP contribution in [0, 0.1) is 0 Å². The van der Waals surface area contributed by atoms with E-state index in [9.17, 15) is 0 Å². The molecule has 2 aromatic rings. The number of aromatic nitrogens is 2. The minimum Gasteiger partial charge on any atom is -0.311 e. The van der Waals surface area contributed by atoms with Crippen molar-refractivity contribution in [2.45, 2.75) is 38.6 Å². The summed E-state index contributed by atoms with van der Waals surface area (Å²) in [5, 5.41) is 3.59. The molecule has 0 bridgehead atoms. The summed E-state index contributed by atoms with van der Waals surface area (Å²) in [6.45, 7) is 7.51. The molecule has 20 heavy (non-hydrogen) atoms. The number of rotatable bonds is 5. The Balaban J connectivity index is 2.12. The third-order valence-corrected chi connectivity index (χ3v) is 3.22. The lowest BCUT2D eigenvalue weighted by Gasteiger charge is -2.25. The van der Waals surface area contributed by atoms with Crippen LogP contribution in [0.25, 0.3) is 0 Å². The van der Waals surface area contributed by atoms with Crippen molar-refractivity contribution in [3.63, 3.8) is 0 Å². The highest BCUT2D eigenvalue weighted by molar-refractivity contribution is 5.21. The fourth-order valence-electron chi connectivity index (χ4n) is 2.15. The molecular weight excluding hydrogens is 246 g/mol. The van der Waals surface area contributed by atoms with Gasteiger partial charge >= 0.3 is 0 Å². The third-order valence-electron chi connectivity index (χ3n) is 3.22. The standard InChI is InChI=1S/C17H23N3/c1-17(2,3)20-12-15(14-7-5-4-6-8-14)11-16-13-18-9-10-19-16/h4-10,13,15,20H,11-12H2,1-3H3. The van der Waals surface area contributed by atoms with Gasteiger partial charge in [0.05, 0.1) is 5.69 Å². The van der Waals surface area contributed by atoms with Crippen molar-refractivity contribution < 1.29 is 0 Å². The van der Waals surface area contributed by atoms with E-state index in [0.717, 1.165) is 18.7 Å². The van der Waals surface area contributed by atoms with Gasteiger partial charge < -0.3 is 5.32 Å². The topological polar surface area (TPSA) is 37.8 Å². The molecule has 1 aromatic heterocycles.